The van der Waals surface area contributed by atoms with Gasteiger partial charge in [-0.15, -0.1) is 0 Å². The molecular weight excluding hydrogens is 320 g/mol. The summed E-state index contributed by atoms with van der Waals surface area (Å²) in [6.45, 7) is 1.57. The Bertz CT molecular complexity index is 842. The second kappa shape index (κ2) is 5.84. The van der Waals surface area contributed by atoms with Crippen LogP contribution in [0.4, 0.5) is 5.95 Å². The molecule has 25 heavy (non-hydrogen) atoms. The topological polar surface area (TPSA) is 95.2 Å². The highest BCUT2D eigenvalue weighted by Crippen LogP contribution is 2.36. The maximum atomic E-state index is 12.6. The maximum Gasteiger partial charge on any atom is 0.249 e. The number of nitrogens with zero attached hydrogens (tertiary/aromatic N) is 2. The fourth-order valence-corrected chi connectivity index (χ4v) is 3.56. The number of hydrogen-bond donors (Lipinski definition) is 2. The zero-order valence-electron chi connectivity index (χ0n) is 13.7. The van der Waals surface area contributed by atoms with Crippen molar-refractivity contribution in [3.8, 4) is 0 Å². The summed E-state index contributed by atoms with van der Waals surface area (Å²) in [5.74, 6) is -1.32. The van der Waals surface area contributed by atoms with Crippen molar-refractivity contribution in [1.82, 2.24) is 14.9 Å². The van der Waals surface area contributed by atoms with Crippen molar-refractivity contribution in [2.75, 3.05) is 5.32 Å². The van der Waals surface area contributed by atoms with Gasteiger partial charge < -0.3 is 4.98 Å². The standard InChI is InChI=1S/C18H18N4O3/c1-10(22-16(24)11-6-2-3-7-12(11)17(22)25)15(23)21-18-19-13-8-4-5-9-14(13)20-18/h2-5,8-12H,6-7H2,1H3,(H2,19,20,21,23)/t10-,11+,12+/m0/s1. The van der Waals surface area contributed by atoms with Gasteiger partial charge in [0.2, 0.25) is 23.7 Å². The molecule has 4 rings (SSSR count). The van der Waals surface area contributed by atoms with Gasteiger partial charge in [0.15, 0.2) is 0 Å². The van der Waals surface area contributed by atoms with Gasteiger partial charge in [-0.1, -0.05) is 24.3 Å². The van der Waals surface area contributed by atoms with Gasteiger partial charge in [-0.05, 0) is 31.9 Å². The predicted molar refractivity (Wildman–Crippen MR) is 91.4 cm³/mol. The molecule has 2 N–H and O–H groups in total. The summed E-state index contributed by atoms with van der Waals surface area (Å²) in [5, 5.41) is 2.66. The van der Waals surface area contributed by atoms with Crippen molar-refractivity contribution in [3.05, 3.63) is 36.4 Å². The highest BCUT2D eigenvalue weighted by Gasteiger charge is 2.50. The minimum Gasteiger partial charge on any atom is -0.324 e. The lowest BCUT2D eigenvalue weighted by Crippen LogP contribution is -2.46. The molecule has 3 atom stereocenters. The molecule has 0 unspecified atom stereocenters. The van der Waals surface area contributed by atoms with Crippen molar-refractivity contribution in [1.29, 1.82) is 0 Å². The van der Waals surface area contributed by atoms with Gasteiger partial charge in [0.05, 0.1) is 22.9 Å². The fraction of sp³-hybridized carbons (Fsp3) is 0.333. The van der Waals surface area contributed by atoms with Crippen molar-refractivity contribution in [2.24, 2.45) is 11.8 Å². The van der Waals surface area contributed by atoms with E-state index >= 15 is 0 Å². The lowest BCUT2D eigenvalue weighted by atomic mass is 9.85. The summed E-state index contributed by atoms with van der Waals surface area (Å²) < 4.78 is 0. The zero-order chi connectivity index (χ0) is 17.6. The average Bonchev–Trinajstić information content (AvgIpc) is 3.13. The Hall–Kier alpha value is -2.96. The van der Waals surface area contributed by atoms with Gasteiger partial charge in [0, 0.05) is 0 Å². The molecule has 1 aromatic carbocycles. The molecule has 1 aromatic heterocycles. The van der Waals surface area contributed by atoms with E-state index in [0.717, 1.165) is 15.9 Å². The van der Waals surface area contributed by atoms with Crippen LogP contribution in [0.3, 0.4) is 0 Å². The summed E-state index contributed by atoms with van der Waals surface area (Å²) in [6, 6.07) is 6.53. The SMILES string of the molecule is C[C@@H](C(=O)Nc1nc2ccccc2[nH]1)N1C(=O)[C@@H]2CC=CC[C@H]2C1=O. The number of imidazole rings is 1. The first-order valence-electron chi connectivity index (χ1n) is 8.34. The smallest absolute Gasteiger partial charge is 0.249 e. The predicted octanol–water partition coefficient (Wildman–Crippen LogP) is 1.84. The monoisotopic (exact) mass is 338 g/mol. The molecule has 0 saturated carbocycles. The molecule has 3 amide bonds. The number of fused-ring (bicyclic) bond motifs is 2. The van der Waals surface area contributed by atoms with E-state index in [-0.39, 0.29) is 23.7 Å². The summed E-state index contributed by atoms with van der Waals surface area (Å²) in [4.78, 5) is 46.1. The van der Waals surface area contributed by atoms with Gasteiger partial charge in [-0.2, -0.15) is 0 Å². The number of carbonyl (C=O) groups is 3. The van der Waals surface area contributed by atoms with Crippen LogP contribution in [0.2, 0.25) is 0 Å². The number of para-hydroxylation sites is 2. The number of nitrogens with one attached hydrogen (secondary N) is 2. The zero-order valence-corrected chi connectivity index (χ0v) is 13.7. The Labute approximate surface area is 144 Å². The molecule has 2 heterocycles. The third-order valence-electron chi connectivity index (χ3n) is 4.94. The first-order chi connectivity index (χ1) is 12.1. The largest absolute Gasteiger partial charge is 0.324 e. The number of allylic oxidation sites excluding steroid dienone is 2. The number of benzene rings is 1. The van der Waals surface area contributed by atoms with E-state index in [4.69, 9.17) is 0 Å². The van der Waals surface area contributed by atoms with E-state index in [2.05, 4.69) is 15.3 Å². The quantitative estimate of drug-likeness (QED) is 0.659. The number of aromatic nitrogens is 2. The van der Waals surface area contributed by atoms with Crippen LogP contribution in [0.15, 0.2) is 36.4 Å². The van der Waals surface area contributed by atoms with E-state index in [1.165, 1.54) is 0 Å². The van der Waals surface area contributed by atoms with E-state index in [9.17, 15) is 14.4 Å². The Kier molecular flexibility index (Phi) is 3.63. The molecule has 1 aliphatic heterocycles. The minimum absolute atomic E-state index is 0.258. The first kappa shape index (κ1) is 15.6. The molecule has 1 saturated heterocycles. The molecule has 1 fully saturated rings. The maximum absolute atomic E-state index is 12.6. The van der Waals surface area contributed by atoms with Gasteiger partial charge in [-0.25, -0.2) is 4.98 Å². The third-order valence-corrected chi connectivity index (χ3v) is 4.94. The molecule has 7 nitrogen and oxygen atoms in total. The molecule has 7 heteroatoms. The molecule has 128 valence electrons. The normalized spacial score (nSPS) is 23.8. The number of imide groups is 1. The highest BCUT2D eigenvalue weighted by molar-refractivity contribution is 6.09. The molecule has 0 spiro atoms. The number of H-pyrrole nitrogens is 1. The number of rotatable bonds is 3. The lowest BCUT2D eigenvalue weighted by molar-refractivity contribution is -0.146. The van der Waals surface area contributed by atoms with Crippen molar-refractivity contribution >= 4 is 34.7 Å². The summed E-state index contributed by atoms with van der Waals surface area (Å²) >= 11 is 0. The van der Waals surface area contributed by atoms with Gasteiger partial charge in [0.25, 0.3) is 0 Å². The Morgan fingerprint density at radius 3 is 2.48 bits per heavy atom. The van der Waals surface area contributed by atoms with E-state index in [1.54, 1.807) is 6.92 Å². The molecule has 2 aliphatic rings. The van der Waals surface area contributed by atoms with Gasteiger partial charge in [-0.3, -0.25) is 24.6 Å². The Balaban J connectivity index is 1.52. The Morgan fingerprint density at radius 2 is 1.84 bits per heavy atom. The second-order valence-electron chi connectivity index (χ2n) is 6.47. The lowest BCUT2D eigenvalue weighted by Gasteiger charge is -2.21. The highest BCUT2D eigenvalue weighted by atomic mass is 16.2. The van der Waals surface area contributed by atoms with E-state index < -0.39 is 11.9 Å². The number of likely N-dealkylation sites (tertiary alicyclic amines) is 1. The van der Waals surface area contributed by atoms with Gasteiger partial charge in [0.1, 0.15) is 6.04 Å². The number of anilines is 1. The first-order valence-corrected chi connectivity index (χ1v) is 8.34. The van der Waals surface area contributed by atoms with Gasteiger partial charge >= 0.3 is 0 Å². The van der Waals surface area contributed by atoms with Crippen LogP contribution in [0, 0.1) is 11.8 Å². The average molecular weight is 338 g/mol. The van der Waals surface area contributed by atoms with E-state index in [1.807, 2.05) is 36.4 Å². The molecule has 0 bridgehead atoms. The second-order valence-corrected chi connectivity index (χ2v) is 6.47. The van der Waals surface area contributed by atoms with Crippen molar-refractivity contribution < 1.29 is 14.4 Å². The number of hydrogen-bond acceptors (Lipinski definition) is 4. The molecule has 0 radical (unpaired) electrons. The Morgan fingerprint density at radius 1 is 1.20 bits per heavy atom. The molecule has 2 aromatic rings. The third kappa shape index (κ3) is 2.52. The van der Waals surface area contributed by atoms with Crippen LogP contribution < -0.4 is 5.32 Å². The van der Waals surface area contributed by atoms with Crippen LogP contribution in [-0.2, 0) is 14.4 Å². The van der Waals surface area contributed by atoms with Crippen LogP contribution in [-0.4, -0.2) is 38.6 Å². The van der Waals surface area contributed by atoms with Crippen LogP contribution in [0.5, 0.6) is 0 Å². The number of amides is 3. The summed E-state index contributed by atoms with van der Waals surface area (Å²) in [7, 11) is 0. The van der Waals surface area contributed by atoms with Crippen LogP contribution in [0.25, 0.3) is 11.0 Å². The molecule has 1 aliphatic carbocycles. The molecular formula is C18H18N4O3. The van der Waals surface area contributed by atoms with E-state index in [0.29, 0.717) is 18.8 Å². The number of aromatic amines is 1. The van der Waals surface area contributed by atoms with Crippen molar-refractivity contribution in [3.63, 3.8) is 0 Å². The van der Waals surface area contributed by atoms with Crippen LogP contribution in [0.1, 0.15) is 19.8 Å². The fourth-order valence-electron chi connectivity index (χ4n) is 3.56. The summed E-state index contributed by atoms with van der Waals surface area (Å²) in [6.07, 6.45) is 4.97. The minimum atomic E-state index is -0.876. The van der Waals surface area contributed by atoms with Crippen molar-refractivity contribution in [2.45, 2.75) is 25.8 Å². The summed E-state index contributed by atoms with van der Waals surface area (Å²) in [5.41, 5.74) is 1.53. The number of carbonyl (C=O) groups excluding carboxylic acids is 3. The van der Waals surface area contributed by atoms with Crippen LogP contribution >= 0.6 is 0 Å².